The van der Waals surface area contributed by atoms with Gasteiger partial charge in [-0.3, -0.25) is 0 Å². The Kier molecular flexibility index (Phi) is 2.46. The average molecular weight is 301 g/mol. The first-order valence-electron chi connectivity index (χ1n) is 8.36. The number of hydrogen-bond donors (Lipinski definition) is 1. The van der Waals surface area contributed by atoms with Gasteiger partial charge in [-0.05, 0) is 62.0 Å². The maximum Gasteiger partial charge on any atom is 0.193 e. The number of ether oxygens (including phenoxy) is 2. The van der Waals surface area contributed by atoms with E-state index in [1.807, 2.05) is 0 Å². The van der Waals surface area contributed by atoms with Crippen LogP contribution in [0.2, 0.25) is 0 Å². The van der Waals surface area contributed by atoms with Crippen molar-refractivity contribution in [1.82, 2.24) is 4.90 Å². The first-order valence-corrected chi connectivity index (χ1v) is 8.36. The van der Waals surface area contributed by atoms with E-state index in [2.05, 4.69) is 30.1 Å². The predicted octanol–water partition coefficient (Wildman–Crippen LogP) is 1.69. The summed E-state index contributed by atoms with van der Waals surface area (Å²) in [6.45, 7) is 1.08. The fraction of sp³-hybridized carbons (Fsp3) is 0.667. The first kappa shape index (κ1) is 13.3. The molecule has 5 rings (SSSR count). The summed E-state index contributed by atoms with van der Waals surface area (Å²) in [5.41, 5.74) is 2.77. The van der Waals surface area contributed by atoms with E-state index in [0.717, 1.165) is 38.0 Å². The number of fused-ring (bicyclic) bond motifs is 2. The Bertz CT molecular complexity index is 647. The fourth-order valence-electron chi connectivity index (χ4n) is 5.66. The van der Waals surface area contributed by atoms with Gasteiger partial charge in [0.25, 0.3) is 0 Å². The van der Waals surface area contributed by atoms with E-state index in [1.54, 1.807) is 7.11 Å². The number of nitrogens with zero attached hydrogens (tertiary/aromatic N) is 1. The van der Waals surface area contributed by atoms with Crippen LogP contribution in [0.4, 0.5) is 0 Å². The van der Waals surface area contributed by atoms with Crippen LogP contribution in [0.15, 0.2) is 18.2 Å². The third-order valence-corrected chi connectivity index (χ3v) is 6.77. The van der Waals surface area contributed by atoms with Gasteiger partial charge in [0.1, 0.15) is 11.9 Å². The zero-order valence-corrected chi connectivity index (χ0v) is 13.2. The van der Waals surface area contributed by atoms with Gasteiger partial charge in [-0.1, -0.05) is 6.07 Å². The molecule has 2 heterocycles. The lowest BCUT2D eigenvalue weighted by Gasteiger charge is -2.57. The second-order valence-corrected chi connectivity index (χ2v) is 7.55. The van der Waals surface area contributed by atoms with Crippen molar-refractivity contribution in [2.24, 2.45) is 5.92 Å². The van der Waals surface area contributed by atoms with E-state index in [-0.39, 0.29) is 11.5 Å². The van der Waals surface area contributed by atoms with Crippen LogP contribution in [-0.2, 0) is 16.6 Å². The van der Waals surface area contributed by atoms with Gasteiger partial charge in [0.15, 0.2) is 5.79 Å². The summed E-state index contributed by atoms with van der Waals surface area (Å²) in [6, 6.07) is 7.06. The van der Waals surface area contributed by atoms with Crippen LogP contribution >= 0.6 is 0 Å². The molecular formula is C18H23NO3. The van der Waals surface area contributed by atoms with Gasteiger partial charge in [0.2, 0.25) is 0 Å². The SMILES string of the molecule is COc1ccc2c(c1)[C@]13CCN(C)[C@H](C2)[C@@H]1CCC1(O)OC13. The minimum atomic E-state index is -0.866. The number of likely N-dealkylation sites (tertiary alicyclic amines) is 1. The van der Waals surface area contributed by atoms with Crippen molar-refractivity contribution in [3.63, 3.8) is 0 Å². The van der Waals surface area contributed by atoms with Crippen molar-refractivity contribution in [2.45, 2.75) is 49.0 Å². The molecule has 22 heavy (non-hydrogen) atoms. The van der Waals surface area contributed by atoms with E-state index in [0.29, 0.717) is 12.0 Å². The first-order chi connectivity index (χ1) is 10.6. The highest BCUT2D eigenvalue weighted by atomic mass is 16.7. The maximum absolute atomic E-state index is 10.6. The minimum Gasteiger partial charge on any atom is -0.497 e. The van der Waals surface area contributed by atoms with Crippen molar-refractivity contribution in [3.05, 3.63) is 29.3 Å². The van der Waals surface area contributed by atoms with Crippen LogP contribution in [0.1, 0.15) is 30.4 Å². The Labute approximate surface area is 131 Å². The van der Waals surface area contributed by atoms with Crippen molar-refractivity contribution in [3.8, 4) is 5.75 Å². The smallest absolute Gasteiger partial charge is 0.193 e. The van der Waals surface area contributed by atoms with Gasteiger partial charge in [0.05, 0.1) is 7.11 Å². The Morgan fingerprint density at radius 2 is 2.23 bits per heavy atom. The number of likely N-dealkylation sites (N-methyl/N-ethyl adjacent to an activating group) is 1. The Hall–Kier alpha value is -1.10. The summed E-state index contributed by atoms with van der Waals surface area (Å²) in [7, 11) is 3.97. The zero-order chi connectivity index (χ0) is 15.1. The van der Waals surface area contributed by atoms with Crippen LogP contribution in [0.3, 0.4) is 0 Å². The van der Waals surface area contributed by atoms with Crippen LogP contribution < -0.4 is 4.74 Å². The van der Waals surface area contributed by atoms with E-state index < -0.39 is 5.79 Å². The molecule has 1 aromatic rings. The van der Waals surface area contributed by atoms with Crippen molar-refractivity contribution < 1.29 is 14.6 Å². The molecule has 4 nitrogen and oxygen atoms in total. The molecule has 0 spiro atoms. The summed E-state index contributed by atoms with van der Waals surface area (Å²) >= 11 is 0. The van der Waals surface area contributed by atoms with E-state index in [1.165, 1.54) is 11.1 Å². The molecule has 4 aliphatic rings. The molecule has 2 aliphatic carbocycles. The number of hydrogen-bond acceptors (Lipinski definition) is 4. The molecule has 2 unspecified atom stereocenters. The summed E-state index contributed by atoms with van der Waals surface area (Å²) in [4.78, 5) is 2.52. The third kappa shape index (κ3) is 1.44. The molecule has 5 atom stereocenters. The van der Waals surface area contributed by atoms with Crippen LogP contribution in [-0.4, -0.2) is 48.6 Å². The molecule has 2 saturated heterocycles. The molecule has 1 aromatic carbocycles. The number of epoxide rings is 1. The standard InChI is InChI=1S/C18H23NO3/c1-19-8-7-17-13(5-6-18(20)16(17)22-18)15(19)9-11-3-4-12(21-2)10-14(11)17/h3-4,10,13,15-16,20H,5-9H2,1-2H3/t13-,15+,16?,17-,18?/m0/s1. The molecule has 0 radical (unpaired) electrons. The van der Waals surface area contributed by atoms with Gasteiger partial charge >= 0.3 is 0 Å². The van der Waals surface area contributed by atoms with Gasteiger partial charge in [0, 0.05) is 17.9 Å². The van der Waals surface area contributed by atoms with Crippen molar-refractivity contribution in [2.75, 3.05) is 20.7 Å². The van der Waals surface area contributed by atoms with Gasteiger partial charge in [-0.25, -0.2) is 0 Å². The normalized spacial score (nSPS) is 45.5. The molecule has 2 bridgehead atoms. The summed E-state index contributed by atoms with van der Waals surface area (Å²) in [5.74, 6) is 0.631. The predicted molar refractivity (Wildman–Crippen MR) is 82.0 cm³/mol. The van der Waals surface area contributed by atoms with E-state index >= 15 is 0 Å². The van der Waals surface area contributed by atoms with Crippen LogP contribution in [0, 0.1) is 5.92 Å². The summed E-state index contributed by atoms with van der Waals surface area (Å²) in [5, 5.41) is 10.6. The second kappa shape index (κ2) is 4.05. The highest BCUT2D eigenvalue weighted by molar-refractivity contribution is 5.48. The maximum atomic E-state index is 10.6. The number of aliphatic hydroxyl groups is 1. The number of rotatable bonds is 1. The molecule has 3 fully saturated rings. The monoisotopic (exact) mass is 301 g/mol. The molecule has 0 aromatic heterocycles. The van der Waals surface area contributed by atoms with Gasteiger partial charge < -0.3 is 19.5 Å². The molecule has 118 valence electrons. The van der Waals surface area contributed by atoms with Crippen molar-refractivity contribution >= 4 is 0 Å². The minimum absolute atomic E-state index is 0.0215. The quantitative estimate of drug-likeness (QED) is 0.802. The highest BCUT2D eigenvalue weighted by Gasteiger charge is 2.73. The van der Waals surface area contributed by atoms with Crippen LogP contribution in [0.25, 0.3) is 0 Å². The topological polar surface area (TPSA) is 45.2 Å². The fourth-order valence-corrected chi connectivity index (χ4v) is 5.66. The highest BCUT2D eigenvalue weighted by Crippen LogP contribution is 2.65. The molecule has 4 heteroatoms. The molecular weight excluding hydrogens is 278 g/mol. The lowest BCUT2D eigenvalue weighted by atomic mass is 9.52. The summed E-state index contributed by atoms with van der Waals surface area (Å²) in [6.07, 6.45) is 3.98. The lowest BCUT2D eigenvalue weighted by molar-refractivity contribution is -0.0310. The number of piperidine rings is 1. The number of methoxy groups -OCH3 is 1. The van der Waals surface area contributed by atoms with Crippen LogP contribution in [0.5, 0.6) is 5.75 Å². The number of benzene rings is 1. The lowest BCUT2D eigenvalue weighted by Crippen LogP contribution is -2.63. The van der Waals surface area contributed by atoms with E-state index in [4.69, 9.17) is 9.47 Å². The largest absolute Gasteiger partial charge is 0.497 e. The van der Waals surface area contributed by atoms with Gasteiger partial charge in [-0.2, -0.15) is 0 Å². The van der Waals surface area contributed by atoms with E-state index in [9.17, 15) is 5.11 Å². The second-order valence-electron chi connectivity index (χ2n) is 7.55. The zero-order valence-electron chi connectivity index (χ0n) is 13.2. The Balaban J connectivity index is 1.73. The summed E-state index contributed by atoms with van der Waals surface area (Å²) < 4.78 is 11.3. The molecule has 2 aliphatic heterocycles. The Morgan fingerprint density at radius 3 is 3.05 bits per heavy atom. The molecule has 1 N–H and O–H groups in total. The average Bonchev–Trinajstić information content (AvgIpc) is 3.23. The molecule has 0 amide bonds. The van der Waals surface area contributed by atoms with Gasteiger partial charge in [-0.15, -0.1) is 0 Å². The third-order valence-electron chi connectivity index (χ3n) is 6.77. The van der Waals surface area contributed by atoms with Crippen molar-refractivity contribution in [1.29, 1.82) is 0 Å². The Morgan fingerprint density at radius 1 is 1.36 bits per heavy atom. The molecule has 1 saturated carbocycles.